The fraction of sp³-hybridized carbons (Fsp3) is 0. The molecule has 2 aromatic rings. The van der Waals surface area contributed by atoms with Crippen LogP contribution in [0.5, 0.6) is 0 Å². The van der Waals surface area contributed by atoms with E-state index in [2.05, 4.69) is 26.6 Å². The molecule has 3 amide bonds. The fourth-order valence-corrected chi connectivity index (χ4v) is 1.84. The van der Waals surface area contributed by atoms with E-state index in [1.54, 1.807) is 30.3 Å². The Labute approximate surface area is 124 Å². The summed E-state index contributed by atoms with van der Waals surface area (Å²) in [6.45, 7) is 0. The Hall–Kier alpha value is -2.34. The minimum atomic E-state index is -0.540. The second kappa shape index (κ2) is 6.21. The van der Waals surface area contributed by atoms with E-state index in [9.17, 15) is 9.59 Å². The lowest BCUT2D eigenvalue weighted by Gasteiger charge is -2.08. The number of nitrogens with two attached hydrogens (primary N) is 1. The van der Waals surface area contributed by atoms with Gasteiger partial charge < -0.3 is 16.4 Å². The number of hydrogen-bond donors (Lipinski definition) is 3. The van der Waals surface area contributed by atoms with Gasteiger partial charge in [0.15, 0.2) is 0 Å². The Bertz CT molecular complexity index is 641. The number of benzene rings is 2. The van der Waals surface area contributed by atoms with Gasteiger partial charge in [0.2, 0.25) is 5.91 Å². The number of primary amides is 1. The summed E-state index contributed by atoms with van der Waals surface area (Å²) >= 11 is 3.31. The zero-order valence-corrected chi connectivity index (χ0v) is 12.0. The zero-order valence-electron chi connectivity index (χ0n) is 10.4. The molecule has 2 aromatic carbocycles. The number of amides is 3. The predicted molar refractivity (Wildman–Crippen MR) is 81.7 cm³/mol. The number of rotatable bonds is 3. The fourth-order valence-electron chi connectivity index (χ4n) is 1.58. The molecule has 0 radical (unpaired) electrons. The number of hydrogen-bond acceptors (Lipinski definition) is 2. The van der Waals surface area contributed by atoms with Crippen LogP contribution in [0.15, 0.2) is 53.0 Å². The van der Waals surface area contributed by atoms with Crippen molar-refractivity contribution in [3.05, 3.63) is 58.6 Å². The number of carbonyl (C=O) groups excluding carboxylic acids is 2. The Morgan fingerprint density at radius 3 is 2.25 bits per heavy atom. The molecule has 0 heterocycles. The normalized spacial score (nSPS) is 9.85. The lowest BCUT2D eigenvalue weighted by atomic mass is 10.2. The maximum Gasteiger partial charge on any atom is 0.323 e. The number of carbonyl (C=O) groups is 2. The van der Waals surface area contributed by atoms with Crippen molar-refractivity contribution in [1.82, 2.24) is 0 Å². The minimum Gasteiger partial charge on any atom is -0.366 e. The van der Waals surface area contributed by atoms with Crippen LogP contribution in [0.25, 0.3) is 0 Å². The van der Waals surface area contributed by atoms with E-state index in [0.29, 0.717) is 16.9 Å². The Balaban J connectivity index is 2.02. The van der Waals surface area contributed by atoms with Gasteiger partial charge in [-0.25, -0.2) is 4.79 Å². The van der Waals surface area contributed by atoms with Crippen molar-refractivity contribution >= 4 is 39.2 Å². The molecule has 0 fully saturated rings. The molecule has 0 saturated carbocycles. The number of halogens is 1. The predicted octanol–water partition coefficient (Wildman–Crippen LogP) is 3.19. The highest BCUT2D eigenvalue weighted by atomic mass is 79.9. The summed E-state index contributed by atoms with van der Waals surface area (Å²) in [5, 5.41) is 5.31. The minimum absolute atomic E-state index is 0.339. The molecule has 0 spiro atoms. The van der Waals surface area contributed by atoms with E-state index in [1.807, 2.05) is 12.1 Å². The molecule has 0 aliphatic rings. The van der Waals surface area contributed by atoms with Crippen molar-refractivity contribution in [3.8, 4) is 0 Å². The quantitative estimate of drug-likeness (QED) is 0.805. The molecule has 0 saturated heterocycles. The molecule has 0 atom stereocenters. The van der Waals surface area contributed by atoms with Crippen LogP contribution < -0.4 is 16.4 Å². The highest BCUT2D eigenvalue weighted by Gasteiger charge is 2.05. The summed E-state index contributed by atoms with van der Waals surface area (Å²) in [5.74, 6) is -0.540. The van der Waals surface area contributed by atoms with Crippen molar-refractivity contribution in [2.45, 2.75) is 0 Å². The maximum atomic E-state index is 11.8. The molecule has 2 rings (SSSR count). The average Bonchev–Trinajstić information content (AvgIpc) is 2.41. The van der Waals surface area contributed by atoms with Gasteiger partial charge in [0.1, 0.15) is 0 Å². The van der Waals surface area contributed by atoms with Gasteiger partial charge in [-0.2, -0.15) is 0 Å². The molecule has 0 unspecified atom stereocenters. The molecular weight excluding hydrogens is 322 g/mol. The highest BCUT2D eigenvalue weighted by molar-refractivity contribution is 9.10. The van der Waals surface area contributed by atoms with Crippen molar-refractivity contribution in [2.75, 3.05) is 10.6 Å². The lowest BCUT2D eigenvalue weighted by molar-refractivity contribution is 0.100. The largest absolute Gasteiger partial charge is 0.366 e. The van der Waals surface area contributed by atoms with E-state index in [0.717, 1.165) is 4.47 Å². The van der Waals surface area contributed by atoms with Crippen LogP contribution in [0.1, 0.15) is 10.4 Å². The zero-order chi connectivity index (χ0) is 14.5. The van der Waals surface area contributed by atoms with Crippen LogP contribution in [-0.2, 0) is 0 Å². The van der Waals surface area contributed by atoms with E-state index in [4.69, 9.17) is 5.73 Å². The van der Waals surface area contributed by atoms with Gasteiger partial charge in [0.05, 0.1) is 0 Å². The Morgan fingerprint density at radius 2 is 1.60 bits per heavy atom. The van der Waals surface area contributed by atoms with Crippen LogP contribution >= 0.6 is 15.9 Å². The second-order valence-electron chi connectivity index (χ2n) is 4.03. The van der Waals surface area contributed by atoms with Crippen LogP contribution in [0.4, 0.5) is 16.2 Å². The highest BCUT2D eigenvalue weighted by Crippen LogP contribution is 2.15. The van der Waals surface area contributed by atoms with Gasteiger partial charge in [-0.3, -0.25) is 4.79 Å². The summed E-state index contributed by atoms with van der Waals surface area (Å²) in [6, 6.07) is 13.2. The van der Waals surface area contributed by atoms with Gasteiger partial charge in [-0.1, -0.05) is 22.0 Å². The van der Waals surface area contributed by atoms with Crippen LogP contribution in [0.2, 0.25) is 0 Å². The van der Waals surface area contributed by atoms with Gasteiger partial charge in [-0.05, 0) is 42.5 Å². The van der Waals surface area contributed by atoms with E-state index >= 15 is 0 Å². The SMILES string of the molecule is NC(=O)c1cccc(NC(=O)Nc2ccc(Br)cc2)c1. The van der Waals surface area contributed by atoms with E-state index < -0.39 is 11.9 Å². The molecule has 0 aliphatic heterocycles. The van der Waals surface area contributed by atoms with Crippen molar-refractivity contribution < 1.29 is 9.59 Å². The number of nitrogens with one attached hydrogen (secondary N) is 2. The van der Waals surface area contributed by atoms with Gasteiger partial charge in [0.25, 0.3) is 0 Å². The molecule has 4 N–H and O–H groups in total. The van der Waals surface area contributed by atoms with Crippen LogP contribution in [-0.4, -0.2) is 11.9 Å². The Kier molecular flexibility index (Phi) is 4.37. The monoisotopic (exact) mass is 333 g/mol. The summed E-state index contributed by atoms with van der Waals surface area (Å²) in [4.78, 5) is 22.8. The average molecular weight is 334 g/mol. The molecular formula is C14H12BrN3O2. The third-order valence-corrected chi connectivity index (χ3v) is 3.04. The molecule has 0 aromatic heterocycles. The summed E-state index contributed by atoms with van der Waals surface area (Å²) in [6.07, 6.45) is 0. The molecule has 20 heavy (non-hydrogen) atoms. The first-order chi connectivity index (χ1) is 9.54. The molecule has 0 aliphatic carbocycles. The van der Waals surface area contributed by atoms with E-state index in [1.165, 1.54) is 6.07 Å². The van der Waals surface area contributed by atoms with Crippen molar-refractivity contribution in [3.63, 3.8) is 0 Å². The van der Waals surface area contributed by atoms with Crippen molar-refractivity contribution in [1.29, 1.82) is 0 Å². The lowest BCUT2D eigenvalue weighted by Crippen LogP contribution is -2.20. The number of urea groups is 1. The summed E-state index contributed by atoms with van der Waals surface area (Å²) in [7, 11) is 0. The molecule has 0 bridgehead atoms. The molecule has 102 valence electrons. The molecule has 5 nitrogen and oxygen atoms in total. The van der Waals surface area contributed by atoms with Gasteiger partial charge in [-0.15, -0.1) is 0 Å². The summed E-state index contributed by atoms with van der Waals surface area (Å²) in [5.41, 5.74) is 6.68. The maximum absolute atomic E-state index is 11.8. The summed E-state index contributed by atoms with van der Waals surface area (Å²) < 4.78 is 0.928. The Morgan fingerprint density at radius 1 is 0.950 bits per heavy atom. The smallest absolute Gasteiger partial charge is 0.323 e. The first kappa shape index (κ1) is 14.1. The molecule has 6 heteroatoms. The third-order valence-electron chi connectivity index (χ3n) is 2.51. The first-order valence-corrected chi connectivity index (χ1v) is 6.57. The van der Waals surface area contributed by atoms with Crippen LogP contribution in [0.3, 0.4) is 0 Å². The van der Waals surface area contributed by atoms with Gasteiger partial charge >= 0.3 is 6.03 Å². The van der Waals surface area contributed by atoms with Crippen molar-refractivity contribution in [2.24, 2.45) is 5.73 Å². The topological polar surface area (TPSA) is 84.2 Å². The third kappa shape index (κ3) is 3.83. The number of anilines is 2. The van der Waals surface area contributed by atoms with Crippen LogP contribution in [0, 0.1) is 0 Å². The first-order valence-electron chi connectivity index (χ1n) is 5.78. The van der Waals surface area contributed by atoms with E-state index in [-0.39, 0.29) is 0 Å². The van der Waals surface area contributed by atoms with Gasteiger partial charge in [0, 0.05) is 21.4 Å². The standard InChI is InChI=1S/C14H12BrN3O2/c15-10-4-6-11(7-5-10)17-14(20)18-12-3-1-2-9(8-12)13(16)19/h1-8H,(H2,16,19)(H2,17,18,20). The second-order valence-corrected chi connectivity index (χ2v) is 4.95.